The van der Waals surface area contributed by atoms with E-state index in [0.717, 1.165) is 18.6 Å². The molecule has 86 valence electrons. The molecule has 0 amide bonds. The molecular formula is C13H18N2S. The maximum absolute atomic E-state index is 4.63. The van der Waals surface area contributed by atoms with Crippen LogP contribution in [0, 0.1) is 12.8 Å². The number of thiazole rings is 1. The lowest BCUT2D eigenvalue weighted by atomic mass is 10.2. The Hall–Kier alpha value is -0.930. The minimum Gasteiger partial charge on any atom is -0.310 e. The molecule has 1 aromatic carbocycles. The van der Waals surface area contributed by atoms with Crippen LogP contribution in [0.3, 0.4) is 0 Å². The van der Waals surface area contributed by atoms with Crippen LogP contribution < -0.4 is 5.32 Å². The Balaban J connectivity index is 2.08. The van der Waals surface area contributed by atoms with Crippen molar-refractivity contribution in [1.82, 2.24) is 10.3 Å². The molecule has 0 unspecified atom stereocenters. The van der Waals surface area contributed by atoms with Crippen LogP contribution in [0.15, 0.2) is 18.2 Å². The number of rotatable bonds is 4. The Labute approximate surface area is 101 Å². The number of benzene rings is 1. The van der Waals surface area contributed by atoms with Crippen molar-refractivity contribution in [3.63, 3.8) is 0 Å². The molecule has 0 fully saturated rings. The van der Waals surface area contributed by atoms with Crippen molar-refractivity contribution in [1.29, 1.82) is 0 Å². The van der Waals surface area contributed by atoms with Gasteiger partial charge in [0.1, 0.15) is 5.01 Å². The summed E-state index contributed by atoms with van der Waals surface area (Å²) in [5.41, 5.74) is 2.41. The number of nitrogens with one attached hydrogen (secondary N) is 1. The molecule has 2 nitrogen and oxygen atoms in total. The SMILES string of the molecule is Cc1ccc2sc(CNCC(C)C)nc2c1. The predicted molar refractivity (Wildman–Crippen MR) is 70.9 cm³/mol. The van der Waals surface area contributed by atoms with E-state index in [9.17, 15) is 0 Å². The molecule has 0 aliphatic rings. The monoisotopic (exact) mass is 234 g/mol. The number of aromatic nitrogens is 1. The molecule has 2 aromatic rings. The van der Waals surface area contributed by atoms with Crippen molar-refractivity contribution < 1.29 is 0 Å². The highest BCUT2D eigenvalue weighted by Gasteiger charge is 2.03. The van der Waals surface area contributed by atoms with Gasteiger partial charge in [0.15, 0.2) is 0 Å². The van der Waals surface area contributed by atoms with Gasteiger partial charge >= 0.3 is 0 Å². The molecule has 0 spiro atoms. The first-order chi connectivity index (χ1) is 7.65. The van der Waals surface area contributed by atoms with E-state index >= 15 is 0 Å². The van der Waals surface area contributed by atoms with Crippen molar-refractivity contribution in [2.45, 2.75) is 27.3 Å². The summed E-state index contributed by atoms with van der Waals surface area (Å²) in [6.07, 6.45) is 0. The molecule has 1 aromatic heterocycles. The van der Waals surface area contributed by atoms with E-state index in [2.05, 4.69) is 49.3 Å². The first-order valence-electron chi connectivity index (χ1n) is 5.72. The largest absolute Gasteiger partial charge is 0.310 e. The van der Waals surface area contributed by atoms with E-state index in [1.54, 1.807) is 11.3 Å². The van der Waals surface area contributed by atoms with E-state index in [1.807, 2.05) is 0 Å². The average molecular weight is 234 g/mol. The summed E-state index contributed by atoms with van der Waals surface area (Å²) in [7, 11) is 0. The predicted octanol–water partition coefficient (Wildman–Crippen LogP) is 3.35. The molecule has 0 atom stereocenters. The summed E-state index contributed by atoms with van der Waals surface area (Å²) in [6, 6.07) is 6.46. The van der Waals surface area contributed by atoms with E-state index in [4.69, 9.17) is 0 Å². The van der Waals surface area contributed by atoms with Gasteiger partial charge in [0.25, 0.3) is 0 Å². The van der Waals surface area contributed by atoms with Gasteiger partial charge in [-0.25, -0.2) is 4.98 Å². The molecule has 1 N–H and O–H groups in total. The van der Waals surface area contributed by atoms with Crippen LogP contribution in [0.1, 0.15) is 24.4 Å². The summed E-state index contributed by atoms with van der Waals surface area (Å²) >= 11 is 1.78. The van der Waals surface area contributed by atoms with Gasteiger partial charge in [0.05, 0.1) is 10.2 Å². The summed E-state index contributed by atoms with van der Waals surface area (Å²) in [5, 5.41) is 4.61. The summed E-state index contributed by atoms with van der Waals surface area (Å²) in [4.78, 5) is 4.63. The van der Waals surface area contributed by atoms with Gasteiger partial charge < -0.3 is 5.32 Å². The Morgan fingerprint density at radius 2 is 2.19 bits per heavy atom. The Morgan fingerprint density at radius 3 is 2.94 bits per heavy atom. The van der Waals surface area contributed by atoms with Crippen LogP contribution in [-0.4, -0.2) is 11.5 Å². The van der Waals surface area contributed by atoms with Crippen LogP contribution in [-0.2, 0) is 6.54 Å². The topological polar surface area (TPSA) is 24.9 Å². The van der Waals surface area contributed by atoms with Crippen LogP contribution in [0.4, 0.5) is 0 Å². The van der Waals surface area contributed by atoms with Crippen molar-refractivity contribution in [2.75, 3.05) is 6.54 Å². The molecule has 1 heterocycles. The van der Waals surface area contributed by atoms with Crippen molar-refractivity contribution in [3.05, 3.63) is 28.8 Å². The zero-order chi connectivity index (χ0) is 11.5. The van der Waals surface area contributed by atoms with Crippen LogP contribution in [0.5, 0.6) is 0 Å². The Kier molecular flexibility index (Phi) is 3.56. The molecule has 0 bridgehead atoms. The third-order valence-electron chi connectivity index (χ3n) is 2.42. The lowest BCUT2D eigenvalue weighted by Gasteiger charge is -2.04. The maximum Gasteiger partial charge on any atom is 0.108 e. The highest BCUT2D eigenvalue weighted by atomic mass is 32.1. The second-order valence-electron chi connectivity index (χ2n) is 4.60. The summed E-state index contributed by atoms with van der Waals surface area (Å²) < 4.78 is 1.28. The zero-order valence-corrected chi connectivity index (χ0v) is 10.9. The van der Waals surface area contributed by atoms with E-state index in [1.165, 1.54) is 15.3 Å². The van der Waals surface area contributed by atoms with Crippen molar-refractivity contribution in [3.8, 4) is 0 Å². The Bertz CT molecular complexity index is 474. The fraction of sp³-hybridized carbons (Fsp3) is 0.462. The van der Waals surface area contributed by atoms with Gasteiger partial charge in [0, 0.05) is 6.54 Å². The lowest BCUT2D eigenvalue weighted by Crippen LogP contribution is -2.18. The maximum atomic E-state index is 4.63. The average Bonchev–Trinajstić information content (AvgIpc) is 2.58. The second-order valence-corrected chi connectivity index (χ2v) is 5.72. The van der Waals surface area contributed by atoms with Gasteiger partial charge in [-0.15, -0.1) is 11.3 Å². The third kappa shape index (κ3) is 2.80. The van der Waals surface area contributed by atoms with Crippen LogP contribution >= 0.6 is 11.3 Å². The molecule has 2 rings (SSSR count). The molecule has 0 saturated carbocycles. The standard InChI is InChI=1S/C13H18N2S/c1-9(2)7-14-8-13-15-11-6-10(3)4-5-12(11)16-13/h4-6,9,14H,7-8H2,1-3H3. The summed E-state index contributed by atoms with van der Waals surface area (Å²) in [5.74, 6) is 0.691. The normalized spacial score (nSPS) is 11.5. The van der Waals surface area contributed by atoms with Gasteiger partial charge in [-0.1, -0.05) is 19.9 Å². The molecule has 0 radical (unpaired) electrons. The lowest BCUT2D eigenvalue weighted by molar-refractivity contribution is 0.552. The van der Waals surface area contributed by atoms with Gasteiger partial charge in [-0.05, 0) is 37.1 Å². The van der Waals surface area contributed by atoms with Gasteiger partial charge in [0.2, 0.25) is 0 Å². The van der Waals surface area contributed by atoms with E-state index in [-0.39, 0.29) is 0 Å². The number of hydrogen-bond donors (Lipinski definition) is 1. The molecule has 0 saturated heterocycles. The van der Waals surface area contributed by atoms with Gasteiger partial charge in [-0.2, -0.15) is 0 Å². The smallest absolute Gasteiger partial charge is 0.108 e. The van der Waals surface area contributed by atoms with Crippen LogP contribution in [0.25, 0.3) is 10.2 Å². The number of nitrogens with zero attached hydrogens (tertiary/aromatic N) is 1. The van der Waals surface area contributed by atoms with Crippen molar-refractivity contribution >= 4 is 21.6 Å². The third-order valence-corrected chi connectivity index (χ3v) is 3.45. The number of fused-ring (bicyclic) bond motifs is 1. The van der Waals surface area contributed by atoms with Gasteiger partial charge in [-0.3, -0.25) is 0 Å². The van der Waals surface area contributed by atoms with Crippen LogP contribution in [0.2, 0.25) is 0 Å². The molecular weight excluding hydrogens is 216 g/mol. The first-order valence-corrected chi connectivity index (χ1v) is 6.53. The minimum absolute atomic E-state index is 0.691. The zero-order valence-electron chi connectivity index (χ0n) is 10.1. The Morgan fingerprint density at radius 1 is 1.38 bits per heavy atom. The highest BCUT2D eigenvalue weighted by molar-refractivity contribution is 7.18. The molecule has 3 heteroatoms. The van der Waals surface area contributed by atoms with E-state index < -0.39 is 0 Å². The molecule has 0 aliphatic carbocycles. The minimum atomic E-state index is 0.691. The fourth-order valence-corrected chi connectivity index (χ4v) is 2.55. The second kappa shape index (κ2) is 4.93. The first kappa shape index (κ1) is 11.6. The summed E-state index contributed by atoms with van der Waals surface area (Å²) in [6.45, 7) is 8.48. The highest BCUT2D eigenvalue weighted by Crippen LogP contribution is 2.22. The quantitative estimate of drug-likeness (QED) is 0.877. The number of aryl methyl sites for hydroxylation is 1. The molecule has 0 aliphatic heterocycles. The van der Waals surface area contributed by atoms with E-state index in [0.29, 0.717) is 5.92 Å². The fourth-order valence-electron chi connectivity index (χ4n) is 1.63. The van der Waals surface area contributed by atoms with Crippen molar-refractivity contribution in [2.24, 2.45) is 5.92 Å². The number of hydrogen-bond acceptors (Lipinski definition) is 3. The molecule has 16 heavy (non-hydrogen) atoms.